The number of nitrogens with two attached hydrogens (primary N) is 3. The van der Waals surface area contributed by atoms with Crippen molar-refractivity contribution in [1.82, 2.24) is 0 Å². The first kappa shape index (κ1) is 9.28. The van der Waals surface area contributed by atoms with E-state index in [4.69, 9.17) is 17.2 Å². The van der Waals surface area contributed by atoms with E-state index in [0.29, 0.717) is 12.8 Å². The van der Waals surface area contributed by atoms with Gasteiger partial charge in [-0.15, -0.1) is 0 Å². The van der Waals surface area contributed by atoms with Crippen LogP contribution in [0.2, 0.25) is 0 Å². The lowest BCUT2D eigenvalue weighted by atomic mass is 9.90. The van der Waals surface area contributed by atoms with Crippen LogP contribution in [0.4, 0.5) is 0 Å². The molecule has 12 heavy (non-hydrogen) atoms. The number of guanidine groups is 1. The zero-order valence-electron chi connectivity index (χ0n) is 6.98. The molecule has 0 radical (unpaired) electrons. The van der Waals surface area contributed by atoms with E-state index in [1.807, 2.05) is 0 Å². The van der Waals surface area contributed by atoms with Crippen LogP contribution in [0.3, 0.4) is 0 Å². The molecule has 0 aromatic rings. The quantitative estimate of drug-likeness (QED) is 0.285. The Morgan fingerprint density at radius 2 is 1.92 bits per heavy atom. The Bertz CT molecular complexity index is 168. The van der Waals surface area contributed by atoms with Crippen LogP contribution in [0.1, 0.15) is 19.3 Å². The predicted molar refractivity (Wildman–Crippen MR) is 47.4 cm³/mol. The Labute approximate surface area is 71.6 Å². The van der Waals surface area contributed by atoms with Crippen molar-refractivity contribution in [1.29, 1.82) is 0 Å². The summed E-state index contributed by atoms with van der Waals surface area (Å²) in [7, 11) is 0. The van der Waals surface area contributed by atoms with Crippen LogP contribution in [-0.4, -0.2) is 29.3 Å². The van der Waals surface area contributed by atoms with Gasteiger partial charge in [-0.05, 0) is 19.3 Å². The topological polar surface area (TPSA) is 111 Å². The minimum atomic E-state index is -0.359. The number of rotatable bonds is 1. The lowest BCUT2D eigenvalue weighted by Gasteiger charge is -2.27. The number of hydrogen-bond donors (Lipinski definition) is 4. The van der Waals surface area contributed by atoms with Gasteiger partial charge in [-0.25, -0.2) is 0 Å². The highest BCUT2D eigenvalue weighted by molar-refractivity contribution is 5.75. The third-order valence-corrected chi connectivity index (χ3v) is 2.03. The zero-order chi connectivity index (χ0) is 9.14. The summed E-state index contributed by atoms with van der Waals surface area (Å²) in [4.78, 5) is 3.97. The molecule has 5 heteroatoms. The van der Waals surface area contributed by atoms with Crippen molar-refractivity contribution in [2.75, 3.05) is 0 Å². The molecule has 0 aromatic heterocycles. The van der Waals surface area contributed by atoms with Crippen LogP contribution in [0.15, 0.2) is 4.99 Å². The fraction of sp³-hybridized carbons (Fsp3) is 0.857. The molecular formula is C7H16N4O. The fourth-order valence-corrected chi connectivity index (χ4v) is 1.62. The Balaban J connectivity index is 2.50. The summed E-state index contributed by atoms with van der Waals surface area (Å²) in [6, 6.07) is 0.00981. The molecule has 0 bridgehead atoms. The Morgan fingerprint density at radius 3 is 2.42 bits per heavy atom. The van der Waals surface area contributed by atoms with Crippen LogP contribution in [0, 0.1) is 0 Å². The third kappa shape index (κ3) is 2.67. The van der Waals surface area contributed by atoms with E-state index in [1.165, 1.54) is 0 Å². The van der Waals surface area contributed by atoms with Gasteiger partial charge in [0, 0.05) is 6.04 Å². The van der Waals surface area contributed by atoms with E-state index < -0.39 is 0 Å². The molecule has 1 aliphatic carbocycles. The predicted octanol–water partition coefficient (Wildman–Crippen LogP) is -1.50. The smallest absolute Gasteiger partial charge is 0.186 e. The zero-order valence-corrected chi connectivity index (χ0v) is 6.98. The molecule has 1 aliphatic rings. The molecule has 3 unspecified atom stereocenters. The van der Waals surface area contributed by atoms with Crippen molar-refractivity contribution in [2.45, 2.75) is 37.5 Å². The summed E-state index contributed by atoms with van der Waals surface area (Å²) in [6.07, 6.45) is 1.67. The highest BCUT2D eigenvalue weighted by atomic mass is 16.3. The molecule has 3 atom stereocenters. The van der Waals surface area contributed by atoms with Crippen molar-refractivity contribution in [3.63, 3.8) is 0 Å². The minimum Gasteiger partial charge on any atom is -0.393 e. The first-order chi connectivity index (χ1) is 5.58. The molecule has 0 aliphatic heterocycles. The molecule has 5 nitrogen and oxygen atoms in total. The second-order valence-electron chi connectivity index (χ2n) is 3.33. The monoisotopic (exact) mass is 172 g/mol. The van der Waals surface area contributed by atoms with E-state index in [-0.39, 0.29) is 24.1 Å². The molecule has 1 rings (SSSR count). The Kier molecular flexibility index (Phi) is 2.88. The van der Waals surface area contributed by atoms with Gasteiger partial charge in [0.15, 0.2) is 5.96 Å². The summed E-state index contributed by atoms with van der Waals surface area (Å²) in [5, 5.41) is 9.33. The molecule has 7 N–H and O–H groups in total. The number of aliphatic hydroxyl groups is 1. The van der Waals surface area contributed by atoms with Gasteiger partial charge in [0.25, 0.3) is 0 Å². The van der Waals surface area contributed by atoms with Gasteiger partial charge < -0.3 is 22.3 Å². The largest absolute Gasteiger partial charge is 0.393 e. The highest BCUT2D eigenvalue weighted by Gasteiger charge is 2.24. The maximum atomic E-state index is 9.33. The minimum absolute atomic E-state index is 0.00579. The van der Waals surface area contributed by atoms with E-state index in [2.05, 4.69) is 4.99 Å². The van der Waals surface area contributed by atoms with Crippen molar-refractivity contribution in [3.05, 3.63) is 0 Å². The van der Waals surface area contributed by atoms with Crippen LogP contribution in [0.25, 0.3) is 0 Å². The SMILES string of the molecule is NC(N)=NC1CC(N)CC(O)C1. The van der Waals surface area contributed by atoms with Crippen molar-refractivity contribution in [2.24, 2.45) is 22.2 Å². The standard InChI is InChI=1S/C7H16N4O/c8-4-1-5(11-7(9)10)3-6(12)2-4/h4-6,12H,1-3,8H2,(H4,9,10,11). The molecule has 0 spiro atoms. The second-order valence-corrected chi connectivity index (χ2v) is 3.33. The average molecular weight is 172 g/mol. The molecule has 0 aromatic carbocycles. The maximum Gasteiger partial charge on any atom is 0.186 e. The van der Waals surface area contributed by atoms with Crippen molar-refractivity contribution >= 4 is 5.96 Å². The first-order valence-corrected chi connectivity index (χ1v) is 4.10. The lowest BCUT2D eigenvalue weighted by Crippen LogP contribution is -2.38. The van der Waals surface area contributed by atoms with Gasteiger partial charge in [0.2, 0.25) is 0 Å². The van der Waals surface area contributed by atoms with Crippen molar-refractivity contribution in [3.8, 4) is 0 Å². The molecule has 1 fully saturated rings. The molecule has 1 saturated carbocycles. The third-order valence-electron chi connectivity index (χ3n) is 2.03. The summed E-state index contributed by atoms with van der Waals surface area (Å²) < 4.78 is 0. The van der Waals surface area contributed by atoms with Gasteiger partial charge >= 0.3 is 0 Å². The van der Waals surface area contributed by atoms with E-state index in [0.717, 1.165) is 6.42 Å². The number of nitrogens with zero attached hydrogens (tertiary/aromatic N) is 1. The van der Waals surface area contributed by atoms with Crippen LogP contribution in [-0.2, 0) is 0 Å². The fourth-order valence-electron chi connectivity index (χ4n) is 1.62. The Morgan fingerprint density at radius 1 is 1.25 bits per heavy atom. The molecule has 0 amide bonds. The number of hydrogen-bond acceptors (Lipinski definition) is 3. The summed E-state index contributed by atoms with van der Waals surface area (Å²) in [5.74, 6) is 0.0706. The first-order valence-electron chi connectivity index (χ1n) is 4.10. The van der Waals surface area contributed by atoms with Crippen LogP contribution in [0.5, 0.6) is 0 Å². The molecule has 0 saturated heterocycles. The summed E-state index contributed by atoms with van der Waals surface area (Å²) in [5.41, 5.74) is 16.1. The number of aliphatic hydroxyl groups excluding tert-OH is 1. The average Bonchev–Trinajstić information content (AvgIpc) is 1.81. The molecule has 70 valence electrons. The Hall–Kier alpha value is -0.810. The lowest BCUT2D eigenvalue weighted by molar-refractivity contribution is 0.111. The van der Waals surface area contributed by atoms with Gasteiger partial charge in [-0.2, -0.15) is 0 Å². The maximum absolute atomic E-state index is 9.33. The van der Waals surface area contributed by atoms with Gasteiger partial charge in [-0.3, -0.25) is 4.99 Å². The van der Waals surface area contributed by atoms with E-state index >= 15 is 0 Å². The highest BCUT2D eigenvalue weighted by Crippen LogP contribution is 2.20. The van der Waals surface area contributed by atoms with Gasteiger partial charge in [-0.1, -0.05) is 0 Å². The molecule has 0 heterocycles. The van der Waals surface area contributed by atoms with Crippen LogP contribution >= 0.6 is 0 Å². The molecular weight excluding hydrogens is 156 g/mol. The second kappa shape index (κ2) is 3.73. The van der Waals surface area contributed by atoms with Gasteiger partial charge in [0.05, 0.1) is 12.1 Å². The normalized spacial score (nSPS) is 36.0. The summed E-state index contributed by atoms with van der Waals surface area (Å²) >= 11 is 0. The van der Waals surface area contributed by atoms with E-state index in [9.17, 15) is 5.11 Å². The van der Waals surface area contributed by atoms with Gasteiger partial charge in [0.1, 0.15) is 0 Å². The summed E-state index contributed by atoms with van der Waals surface area (Å²) in [6.45, 7) is 0. The van der Waals surface area contributed by atoms with Crippen molar-refractivity contribution < 1.29 is 5.11 Å². The number of aliphatic imine (C=N–C) groups is 1. The van der Waals surface area contributed by atoms with Crippen LogP contribution < -0.4 is 17.2 Å². The van der Waals surface area contributed by atoms with E-state index in [1.54, 1.807) is 0 Å².